The molecule has 0 atom stereocenters. The van der Waals surface area contributed by atoms with Crippen LogP contribution in [0, 0.1) is 5.92 Å². The van der Waals surface area contributed by atoms with E-state index >= 15 is 0 Å². The molecule has 1 aliphatic rings. The van der Waals surface area contributed by atoms with Gasteiger partial charge in [-0.3, -0.25) is 4.99 Å². The van der Waals surface area contributed by atoms with Crippen LogP contribution in [0.5, 0.6) is 0 Å². The van der Waals surface area contributed by atoms with Gasteiger partial charge in [0.15, 0.2) is 5.96 Å². The highest BCUT2D eigenvalue weighted by molar-refractivity contribution is 7.89. The molecule has 0 amide bonds. The molecule has 164 valence electrons. The average molecular weight is 427 g/mol. The van der Waals surface area contributed by atoms with E-state index < -0.39 is 10.0 Å². The molecule has 2 rings (SSSR count). The van der Waals surface area contributed by atoms with Crippen molar-refractivity contribution in [3.63, 3.8) is 0 Å². The van der Waals surface area contributed by atoms with Crippen LogP contribution in [0.3, 0.4) is 0 Å². The van der Waals surface area contributed by atoms with E-state index in [-0.39, 0.29) is 4.90 Å². The Balaban J connectivity index is 1.64. The first-order valence-electron chi connectivity index (χ1n) is 10.0. The molecule has 1 aromatic carbocycles. The molecule has 0 radical (unpaired) electrons. The molecule has 1 aliphatic heterocycles. The van der Waals surface area contributed by atoms with Crippen molar-refractivity contribution >= 4 is 16.0 Å². The number of nitrogens with zero attached hydrogens (tertiary/aromatic N) is 2. The maximum atomic E-state index is 12.1. The monoisotopic (exact) mass is 426 g/mol. The lowest BCUT2D eigenvalue weighted by atomic mass is 10.0. The fourth-order valence-corrected chi connectivity index (χ4v) is 3.84. The number of ether oxygens (including phenoxy) is 2. The maximum absolute atomic E-state index is 12.1. The molecule has 1 aromatic rings. The van der Waals surface area contributed by atoms with Crippen LogP contribution in [0.25, 0.3) is 0 Å². The Morgan fingerprint density at radius 3 is 2.52 bits per heavy atom. The number of aliphatic imine (C=N–C) groups is 1. The van der Waals surface area contributed by atoms with Crippen LogP contribution in [0.1, 0.15) is 24.8 Å². The lowest BCUT2D eigenvalue weighted by Crippen LogP contribution is -2.37. The van der Waals surface area contributed by atoms with Crippen LogP contribution in [-0.4, -0.2) is 72.8 Å². The van der Waals surface area contributed by atoms with E-state index in [1.807, 2.05) is 0 Å². The molecule has 0 saturated carbocycles. The number of hydrogen-bond donors (Lipinski definition) is 2. The zero-order valence-corrected chi connectivity index (χ0v) is 18.5. The minimum Gasteiger partial charge on any atom is -0.381 e. The Labute approximate surface area is 174 Å². The van der Waals surface area contributed by atoms with Gasteiger partial charge in [-0.2, -0.15) is 0 Å². The van der Waals surface area contributed by atoms with E-state index in [9.17, 15) is 8.42 Å². The van der Waals surface area contributed by atoms with Gasteiger partial charge in [0.25, 0.3) is 0 Å². The molecule has 8 nitrogen and oxygen atoms in total. The zero-order valence-electron chi connectivity index (χ0n) is 17.7. The lowest BCUT2D eigenvalue weighted by Gasteiger charge is -2.21. The molecule has 1 fully saturated rings. The smallest absolute Gasteiger partial charge is 0.242 e. The first kappa shape index (κ1) is 23.6. The summed E-state index contributed by atoms with van der Waals surface area (Å²) in [7, 11) is 1.38. The molecule has 0 bridgehead atoms. The summed E-state index contributed by atoms with van der Waals surface area (Å²) < 4.78 is 36.5. The second kappa shape index (κ2) is 12.1. The third-order valence-corrected chi connectivity index (χ3v) is 6.67. The van der Waals surface area contributed by atoms with Gasteiger partial charge in [0, 0.05) is 60.7 Å². The quantitative estimate of drug-likeness (QED) is 0.334. The van der Waals surface area contributed by atoms with Crippen LogP contribution in [0.2, 0.25) is 0 Å². The summed E-state index contributed by atoms with van der Waals surface area (Å²) >= 11 is 0. The number of rotatable bonds is 10. The van der Waals surface area contributed by atoms with Crippen LogP contribution < -0.4 is 10.6 Å². The maximum Gasteiger partial charge on any atom is 0.242 e. The second-order valence-corrected chi connectivity index (χ2v) is 9.42. The largest absolute Gasteiger partial charge is 0.381 e. The SMILES string of the molecule is CN=C(NCCCOCC1CCOCC1)NCc1ccc(S(=O)(=O)N(C)C)cc1. The van der Waals surface area contributed by atoms with Gasteiger partial charge in [0.05, 0.1) is 4.90 Å². The Kier molecular flexibility index (Phi) is 9.86. The Morgan fingerprint density at radius 1 is 1.21 bits per heavy atom. The van der Waals surface area contributed by atoms with Crippen LogP contribution in [0.15, 0.2) is 34.2 Å². The van der Waals surface area contributed by atoms with Gasteiger partial charge in [-0.1, -0.05) is 12.1 Å². The first-order chi connectivity index (χ1) is 13.9. The third-order valence-electron chi connectivity index (χ3n) is 4.84. The van der Waals surface area contributed by atoms with Crippen molar-refractivity contribution in [3.05, 3.63) is 29.8 Å². The van der Waals surface area contributed by atoms with Gasteiger partial charge >= 0.3 is 0 Å². The summed E-state index contributed by atoms with van der Waals surface area (Å²) in [5, 5.41) is 6.50. The normalized spacial score (nSPS) is 16.2. The molecule has 1 saturated heterocycles. The van der Waals surface area contributed by atoms with Gasteiger partial charge in [-0.25, -0.2) is 12.7 Å². The molecule has 2 N–H and O–H groups in total. The fourth-order valence-electron chi connectivity index (χ4n) is 2.94. The number of nitrogens with one attached hydrogen (secondary N) is 2. The van der Waals surface area contributed by atoms with Gasteiger partial charge in [0.2, 0.25) is 10.0 Å². The van der Waals surface area contributed by atoms with E-state index in [2.05, 4.69) is 15.6 Å². The van der Waals surface area contributed by atoms with Crippen LogP contribution in [-0.2, 0) is 26.0 Å². The van der Waals surface area contributed by atoms with Crippen molar-refractivity contribution in [3.8, 4) is 0 Å². The minimum atomic E-state index is -3.40. The third kappa shape index (κ3) is 7.93. The van der Waals surface area contributed by atoms with Crippen LogP contribution in [0.4, 0.5) is 0 Å². The number of hydrogen-bond acceptors (Lipinski definition) is 5. The lowest BCUT2D eigenvalue weighted by molar-refractivity contribution is 0.0203. The summed E-state index contributed by atoms with van der Waals surface area (Å²) in [4.78, 5) is 4.50. The van der Waals surface area contributed by atoms with E-state index in [4.69, 9.17) is 9.47 Å². The highest BCUT2D eigenvalue weighted by Gasteiger charge is 2.16. The summed E-state index contributed by atoms with van der Waals surface area (Å²) in [6.07, 6.45) is 3.09. The molecular formula is C20H34N4O4S. The van der Waals surface area contributed by atoms with Crippen molar-refractivity contribution in [1.29, 1.82) is 0 Å². The highest BCUT2D eigenvalue weighted by Crippen LogP contribution is 2.15. The highest BCUT2D eigenvalue weighted by atomic mass is 32.2. The van der Waals surface area contributed by atoms with Crippen molar-refractivity contribution in [1.82, 2.24) is 14.9 Å². The molecule has 0 aromatic heterocycles. The Bertz CT molecular complexity index is 729. The summed E-state index contributed by atoms with van der Waals surface area (Å²) in [5.41, 5.74) is 0.977. The standard InChI is InChI=1S/C20H34N4O4S/c1-21-20(22-11-4-12-28-16-18-9-13-27-14-10-18)23-15-17-5-7-19(8-6-17)29(25,26)24(2)3/h5-8,18H,4,9-16H2,1-3H3,(H2,21,22,23). The van der Waals surface area contributed by atoms with Crippen molar-refractivity contribution in [2.75, 3.05) is 54.1 Å². The van der Waals surface area contributed by atoms with Gasteiger partial charge < -0.3 is 20.1 Å². The van der Waals surface area contributed by atoms with Crippen molar-refractivity contribution in [2.24, 2.45) is 10.9 Å². The average Bonchev–Trinajstić information content (AvgIpc) is 2.73. The Hall–Kier alpha value is -1.68. The van der Waals surface area contributed by atoms with Gasteiger partial charge in [-0.05, 0) is 42.9 Å². The van der Waals surface area contributed by atoms with E-state index in [0.29, 0.717) is 18.4 Å². The summed E-state index contributed by atoms with van der Waals surface area (Å²) in [5.74, 6) is 1.34. The van der Waals surface area contributed by atoms with E-state index in [1.165, 1.54) is 18.4 Å². The number of sulfonamides is 1. The van der Waals surface area contributed by atoms with Gasteiger partial charge in [-0.15, -0.1) is 0 Å². The number of benzene rings is 1. The topological polar surface area (TPSA) is 92.3 Å². The summed E-state index contributed by atoms with van der Waals surface area (Å²) in [6.45, 7) is 4.58. The fraction of sp³-hybridized carbons (Fsp3) is 0.650. The van der Waals surface area contributed by atoms with Gasteiger partial charge in [0.1, 0.15) is 0 Å². The summed E-state index contributed by atoms with van der Waals surface area (Å²) in [6, 6.07) is 6.86. The molecular weight excluding hydrogens is 392 g/mol. The Morgan fingerprint density at radius 2 is 1.90 bits per heavy atom. The first-order valence-corrected chi connectivity index (χ1v) is 11.5. The van der Waals surface area contributed by atoms with Crippen molar-refractivity contribution < 1.29 is 17.9 Å². The van der Waals surface area contributed by atoms with E-state index in [0.717, 1.165) is 57.8 Å². The molecule has 1 heterocycles. The predicted octanol–water partition coefficient (Wildman–Crippen LogP) is 1.44. The molecule has 0 unspecified atom stereocenters. The van der Waals surface area contributed by atoms with Crippen LogP contribution >= 0.6 is 0 Å². The molecule has 9 heteroatoms. The molecule has 0 aliphatic carbocycles. The van der Waals surface area contributed by atoms with E-state index in [1.54, 1.807) is 31.3 Å². The number of guanidine groups is 1. The minimum absolute atomic E-state index is 0.287. The van der Waals surface area contributed by atoms with Crippen molar-refractivity contribution in [2.45, 2.75) is 30.7 Å². The molecule has 0 spiro atoms. The zero-order chi connectivity index (χ0) is 21.1. The molecule has 29 heavy (non-hydrogen) atoms. The predicted molar refractivity (Wildman–Crippen MR) is 114 cm³/mol. The second-order valence-electron chi connectivity index (χ2n) is 7.27.